The molecule has 0 amide bonds. The van der Waals surface area contributed by atoms with Gasteiger partial charge in [-0.1, -0.05) is 17.7 Å². The van der Waals surface area contributed by atoms with Gasteiger partial charge in [0, 0.05) is 35.0 Å². The van der Waals surface area contributed by atoms with Gasteiger partial charge >= 0.3 is 6.18 Å². The lowest BCUT2D eigenvalue weighted by atomic mass is 9.78. The van der Waals surface area contributed by atoms with Crippen LogP contribution >= 0.6 is 22.9 Å². The van der Waals surface area contributed by atoms with Gasteiger partial charge in [-0.3, -0.25) is 9.69 Å². The largest absolute Gasteiger partial charge is 0.416 e. The van der Waals surface area contributed by atoms with Crippen molar-refractivity contribution in [1.82, 2.24) is 4.57 Å². The Morgan fingerprint density at radius 2 is 1.88 bits per heavy atom. The van der Waals surface area contributed by atoms with Gasteiger partial charge in [0.2, 0.25) is 0 Å². The highest BCUT2D eigenvalue weighted by Crippen LogP contribution is 2.51. The van der Waals surface area contributed by atoms with E-state index in [9.17, 15) is 23.2 Å². The molecule has 1 aromatic carbocycles. The van der Waals surface area contributed by atoms with Gasteiger partial charge in [-0.15, -0.1) is 11.3 Å². The molecule has 1 atom stereocenters. The third kappa shape index (κ3) is 3.65. The van der Waals surface area contributed by atoms with E-state index >= 15 is 0 Å². The van der Waals surface area contributed by atoms with Crippen molar-refractivity contribution in [3.05, 3.63) is 92.5 Å². The minimum absolute atomic E-state index is 0.0831. The first-order chi connectivity index (χ1) is 16.3. The predicted molar refractivity (Wildman–Crippen MR) is 125 cm³/mol. The van der Waals surface area contributed by atoms with Gasteiger partial charge in [0.1, 0.15) is 5.82 Å². The van der Waals surface area contributed by atoms with Gasteiger partial charge in [-0.25, -0.2) is 0 Å². The van der Waals surface area contributed by atoms with Crippen molar-refractivity contribution >= 4 is 40.2 Å². The number of alkyl halides is 3. The van der Waals surface area contributed by atoms with E-state index in [0.717, 1.165) is 17.0 Å². The summed E-state index contributed by atoms with van der Waals surface area (Å²) < 4.78 is 42.6. The molecule has 0 bridgehead atoms. The van der Waals surface area contributed by atoms with Crippen molar-refractivity contribution in [2.45, 2.75) is 31.4 Å². The number of aromatic nitrogens is 1. The number of nitrogens with zero attached hydrogens (tertiary/aromatic N) is 3. The van der Waals surface area contributed by atoms with E-state index in [-0.39, 0.29) is 22.1 Å². The molecule has 9 heteroatoms. The van der Waals surface area contributed by atoms with Crippen LogP contribution in [0, 0.1) is 11.3 Å². The number of rotatable bonds is 3. The van der Waals surface area contributed by atoms with Crippen LogP contribution in [0.3, 0.4) is 0 Å². The summed E-state index contributed by atoms with van der Waals surface area (Å²) in [7, 11) is 0. The minimum Gasteiger partial charge on any atom is -0.309 e. The Morgan fingerprint density at radius 3 is 2.53 bits per heavy atom. The molecule has 34 heavy (non-hydrogen) atoms. The van der Waals surface area contributed by atoms with E-state index in [2.05, 4.69) is 6.07 Å². The Bertz CT molecular complexity index is 1370. The van der Waals surface area contributed by atoms with Crippen molar-refractivity contribution in [2.24, 2.45) is 0 Å². The normalized spacial score (nSPS) is 18.9. The van der Waals surface area contributed by atoms with Gasteiger partial charge in [0.15, 0.2) is 5.78 Å². The summed E-state index contributed by atoms with van der Waals surface area (Å²) in [6.45, 7) is 0. The third-order valence-electron chi connectivity index (χ3n) is 6.04. The maximum Gasteiger partial charge on any atom is 0.416 e. The van der Waals surface area contributed by atoms with Crippen molar-refractivity contribution < 1.29 is 18.0 Å². The zero-order valence-corrected chi connectivity index (χ0v) is 19.2. The fourth-order valence-electron chi connectivity index (χ4n) is 4.63. The molecule has 0 radical (unpaired) electrons. The molecule has 2 aromatic heterocycles. The summed E-state index contributed by atoms with van der Waals surface area (Å²) in [5.74, 6) is -0.321. The van der Waals surface area contributed by atoms with Gasteiger partial charge in [0.05, 0.1) is 33.8 Å². The molecular weight excluding hydrogens is 483 g/mol. The third-order valence-corrected chi connectivity index (χ3v) is 7.30. The molecule has 1 aliphatic carbocycles. The zero-order valence-electron chi connectivity index (χ0n) is 17.6. The molecule has 0 fully saturated rings. The SMILES string of the molecule is N#CC1=C(n2cccc2)N(c2cc(C(F)(F)F)ccc2Cl)C2=C(C(=O)CCC2)[C@@H]1c1cccs1. The quantitative estimate of drug-likeness (QED) is 0.382. The Morgan fingerprint density at radius 1 is 1.12 bits per heavy atom. The van der Waals surface area contributed by atoms with E-state index < -0.39 is 17.7 Å². The lowest BCUT2D eigenvalue weighted by Gasteiger charge is -2.41. The molecule has 0 unspecified atom stereocenters. The predicted octanol–water partition coefficient (Wildman–Crippen LogP) is 7.23. The number of anilines is 1. The average molecular weight is 500 g/mol. The van der Waals surface area contributed by atoms with Crippen LogP contribution in [-0.4, -0.2) is 10.4 Å². The van der Waals surface area contributed by atoms with Gasteiger partial charge < -0.3 is 4.57 Å². The second-order valence-electron chi connectivity index (χ2n) is 8.02. The topological polar surface area (TPSA) is 49.0 Å². The summed E-state index contributed by atoms with van der Waals surface area (Å²) in [6, 6.07) is 12.6. The van der Waals surface area contributed by atoms with Crippen molar-refractivity contribution in [1.29, 1.82) is 5.26 Å². The van der Waals surface area contributed by atoms with Gasteiger partial charge in [-0.05, 0) is 54.6 Å². The first-order valence-corrected chi connectivity index (χ1v) is 11.8. The maximum absolute atomic E-state index is 13.6. The highest BCUT2D eigenvalue weighted by molar-refractivity contribution is 7.10. The lowest BCUT2D eigenvalue weighted by molar-refractivity contribution is -0.137. The highest BCUT2D eigenvalue weighted by atomic mass is 35.5. The van der Waals surface area contributed by atoms with E-state index in [1.54, 1.807) is 34.0 Å². The van der Waals surface area contributed by atoms with Crippen LogP contribution < -0.4 is 4.90 Å². The van der Waals surface area contributed by atoms with E-state index in [1.165, 1.54) is 17.4 Å². The number of benzene rings is 1. The molecule has 0 spiro atoms. The number of Topliss-reactive ketones (excluding diaryl/α,β-unsaturated/α-hetero) is 1. The first kappa shape index (κ1) is 22.5. The summed E-state index contributed by atoms with van der Waals surface area (Å²) in [6.07, 6.45) is 0.222. The number of nitriles is 1. The number of halogens is 4. The van der Waals surface area contributed by atoms with Crippen LogP contribution in [0.25, 0.3) is 5.82 Å². The van der Waals surface area contributed by atoms with Crippen LogP contribution in [0.1, 0.15) is 35.6 Å². The Hall–Kier alpha value is -3.28. The average Bonchev–Trinajstić information content (AvgIpc) is 3.52. The van der Waals surface area contributed by atoms with Crippen LogP contribution in [0.2, 0.25) is 5.02 Å². The molecule has 0 N–H and O–H groups in total. The smallest absolute Gasteiger partial charge is 0.309 e. The summed E-state index contributed by atoms with van der Waals surface area (Å²) in [4.78, 5) is 15.7. The van der Waals surface area contributed by atoms with Crippen molar-refractivity contribution in [2.75, 3.05) is 4.90 Å². The standard InChI is InChI=1S/C25H17ClF3N3OS/c26-17-9-8-15(25(27,28)29)13-19(17)32-18-5-3-6-20(33)23(18)22(21-7-4-12-34-21)16(14-30)24(32)31-10-1-2-11-31/h1-2,4,7-13,22H,3,5-6H2/t22-/m0/s1. The molecule has 5 rings (SSSR count). The number of allylic oxidation sites excluding steroid dienone is 3. The second kappa shape index (κ2) is 8.49. The molecule has 3 heterocycles. The number of hydrogen-bond donors (Lipinski definition) is 0. The van der Waals surface area contributed by atoms with Crippen LogP contribution in [0.5, 0.6) is 0 Å². The number of thiophene rings is 1. The van der Waals surface area contributed by atoms with Gasteiger partial charge in [-0.2, -0.15) is 18.4 Å². The Balaban J connectivity index is 1.86. The van der Waals surface area contributed by atoms with Crippen LogP contribution in [-0.2, 0) is 11.0 Å². The van der Waals surface area contributed by atoms with Crippen LogP contribution in [0.15, 0.2) is 77.1 Å². The summed E-state index contributed by atoms with van der Waals surface area (Å²) in [5.41, 5.74) is 0.538. The Labute approximate surface area is 202 Å². The molecule has 4 nitrogen and oxygen atoms in total. The molecule has 0 saturated heterocycles. The monoisotopic (exact) mass is 499 g/mol. The van der Waals surface area contributed by atoms with Crippen molar-refractivity contribution in [3.63, 3.8) is 0 Å². The molecular formula is C25H17ClF3N3OS. The lowest BCUT2D eigenvalue weighted by Crippen LogP contribution is -2.36. The minimum atomic E-state index is -4.58. The number of hydrogen-bond acceptors (Lipinski definition) is 4. The maximum atomic E-state index is 13.6. The fourth-order valence-corrected chi connectivity index (χ4v) is 5.68. The number of carbonyl (C=O) groups is 1. The van der Waals surface area contributed by atoms with E-state index in [0.29, 0.717) is 36.4 Å². The Kier molecular flexibility index (Phi) is 5.62. The van der Waals surface area contributed by atoms with E-state index in [4.69, 9.17) is 11.6 Å². The van der Waals surface area contributed by atoms with E-state index in [1.807, 2.05) is 17.5 Å². The first-order valence-electron chi connectivity index (χ1n) is 10.6. The number of ketones is 1. The summed E-state index contributed by atoms with van der Waals surface area (Å²) in [5, 5.41) is 12.3. The zero-order chi connectivity index (χ0) is 24.0. The van der Waals surface area contributed by atoms with Crippen molar-refractivity contribution in [3.8, 4) is 6.07 Å². The molecule has 3 aromatic rings. The second-order valence-corrected chi connectivity index (χ2v) is 9.41. The van der Waals surface area contributed by atoms with Gasteiger partial charge in [0.25, 0.3) is 0 Å². The molecule has 0 saturated carbocycles. The fraction of sp³-hybridized carbons (Fsp3) is 0.200. The highest BCUT2D eigenvalue weighted by Gasteiger charge is 2.43. The van der Waals surface area contributed by atoms with Crippen LogP contribution in [0.4, 0.5) is 18.9 Å². The number of carbonyl (C=O) groups excluding carboxylic acids is 1. The molecule has 1 aliphatic heterocycles. The molecule has 172 valence electrons. The molecule has 2 aliphatic rings. The summed E-state index contributed by atoms with van der Waals surface area (Å²) >= 11 is 7.91.